The molecule has 1 saturated heterocycles. The van der Waals surface area contributed by atoms with E-state index in [-0.39, 0.29) is 22.1 Å². The number of nitrogens with zero attached hydrogens (tertiary/aromatic N) is 1. The van der Waals surface area contributed by atoms with Crippen LogP contribution in [0.3, 0.4) is 0 Å². The van der Waals surface area contributed by atoms with Gasteiger partial charge < -0.3 is 10.6 Å². The molecule has 1 amide bonds. The molecule has 7 nitrogen and oxygen atoms in total. The maximum absolute atomic E-state index is 12.6. The zero-order valence-electron chi connectivity index (χ0n) is 15.9. The number of rotatable bonds is 6. The van der Waals surface area contributed by atoms with Crippen LogP contribution in [0.1, 0.15) is 24.0 Å². The molecule has 0 radical (unpaired) electrons. The van der Waals surface area contributed by atoms with Crippen molar-refractivity contribution in [2.75, 3.05) is 13.1 Å². The molecule has 2 aliphatic heterocycles. The Labute approximate surface area is 175 Å². The van der Waals surface area contributed by atoms with Crippen LogP contribution in [0.25, 0.3) is 0 Å². The number of carbonyl (C=O) groups excluding carboxylic acids is 1. The van der Waals surface area contributed by atoms with E-state index in [1.165, 1.54) is 11.8 Å². The van der Waals surface area contributed by atoms with Crippen LogP contribution in [0.5, 0.6) is 0 Å². The highest BCUT2D eigenvalue weighted by Crippen LogP contribution is 2.36. The lowest BCUT2D eigenvalue weighted by Gasteiger charge is -2.23. The SMILES string of the molecule is O=C(NCc1ccc(S(=O)(=O)NC2CCNCC2)cc1)C1Cc2ccncc2S1. The molecule has 1 atom stereocenters. The normalized spacial score (nSPS) is 19.7. The number of pyridine rings is 1. The number of hydrogen-bond acceptors (Lipinski definition) is 6. The van der Waals surface area contributed by atoms with E-state index >= 15 is 0 Å². The average Bonchev–Trinajstić information content (AvgIpc) is 3.17. The van der Waals surface area contributed by atoms with Crippen LogP contribution in [0, 0.1) is 0 Å². The minimum Gasteiger partial charge on any atom is -0.351 e. The molecule has 154 valence electrons. The van der Waals surface area contributed by atoms with Crippen LogP contribution < -0.4 is 15.4 Å². The quantitative estimate of drug-likeness (QED) is 0.639. The Morgan fingerprint density at radius 3 is 2.66 bits per heavy atom. The first-order chi connectivity index (χ1) is 14.0. The van der Waals surface area contributed by atoms with Crippen molar-refractivity contribution < 1.29 is 13.2 Å². The molecule has 1 fully saturated rings. The maximum atomic E-state index is 12.6. The number of carbonyl (C=O) groups is 1. The van der Waals surface area contributed by atoms with Gasteiger partial charge in [-0.2, -0.15) is 0 Å². The van der Waals surface area contributed by atoms with Crippen LogP contribution in [0.2, 0.25) is 0 Å². The molecular weight excluding hydrogens is 408 g/mol. The van der Waals surface area contributed by atoms with Crippen molar-refractivity contribution in [3.05, 3.63) is 53.9 Å². The Morgan fingerprint density at radius 2 is 1.93 bits per heavy atom. The van der Waals surface area contributed by atoms with E-state index in [1.54, 1.807) is 36.7 Å². The third kappa shape index (κ3) is 4.98. The van der Waals surface area contributed by atoms with E-state index in [2.05, 4.69) is 20.3 Å². The smallest absolute Gasteiger partial charge is 0.240 e. The van der Waals surface area contributed by atoms with Crippen LogP contribution >= 0.6 is 11.8 Å². The van der Waals surface area contributed by atoms with Crippen LogP contribution in [0.4, 0.5) is 0 Å². The van der Waals surface area contributed by atoms with Crippen molar-refractivity contribution in [1.29, 1.82) is 0 Å². The number of amides is 1. The van der Waals surface area contributed by atoms with Gasteiger partial charge >= 0.3 is 0 Å². The summed E-state index contributed by atoms with van der Waals surface area (Å²) in [4.78, 5) is 17.9. The molecule has 3 heterocycles. The van der Waals surface area contributed by atoms with Gasteiger partial charge in [-0.15, -0.1) is 11.8 Å². The van der Waals surface area contributed by atoms with E-state index in [0.717, 1.165) is 42.0 Å². The van der Waals surface area contributed by atoms with Gasteiger partial charge in [-0.1, -0.05) is 12.1 Å². The standard InChI is InChI=1S/C20H24N4O3S2/c25-20(18-11-15-5-8-22-13-19(15)28-18)23-12-14-1-3-17(4-2-14)29(26,27)24-16-6-9-21-10-7-16/h1-5,8,13,16,18,21,24H,6-7,9-12H2,(H,23,25). The van der Waals surface area contributed by atoms with Crippen molar-refractivity contribution >= 4 is 27.7 Å². The molecule has 2 aliphatic rings. The molecule has 29 heavy (non-hydrogen) atoms. The third-order valence-electron chi connectivity index (χ3n) is 5.20. The van der Waals surface area contributed by atoms with Crippen molar-refractivity contribution in [3.8, 4) is 0 Å². The number of piperidine rings is 1. The van der Waals surface area contributed by atoms with Gasteiger partial charge in [0.1, 0.15) is 0 Å². The lowest BCUT2D eigenvalue weighted by Crippen LogP contribution is -2.42. The van der Waals surface area contributed by atoms with Gasteiger partial charge in [0.05, 0.1) is 10.1 Å². The summed E-state index contributed by atoms with van der Waals surface area (Å²) in [7, 11) is -3.53. The minimum absolute atomic E-state index is 0.0181. The minimum atomic E-state index is -3.53. The summed E-state index contributed by atoms with van der Waals surface area (Å²) in [6.45, 7) is 2.02. The zero-order chi connectivity index (χ0) is 20.3. The highest BCUT2D eigenvalue weighted by Gasteiger charge is 2.28. The van der Waals surface area contributed by atoms with Crippen molar-refractivity contribution in [2.45, 2.75) is 46.9 Å². The summed E-state index contributed by atoms with van der Waals surface area (Å²) in [5, 5.41) is 6.02. The largest absolute Gasteiger partial charge is 0.351 e. The highest BCUT2D eigenvalue weighted by atomic mass is 32.2. The first-order valence-electron chi connectivity index (χ1n) is 9.70. The highest BCUT2D eigenvalue weighted by molar-refractivity contribution is 8.01. The van der Waals surface area contributed by atoms with Gasteiger partial charge in [0, 0.05) is 29.9 Å². The fourth-order valence-corrected chi connectivity index (χ4v) is 6.03. The Kier molecular flexibility index (Phi) is 6.19. The predicted molar refractivity (Wildman–Crippen MR) is 112 cm³/mol. The number of benzene rings is 1. The molecule has 2 aromatic rings. The zero-order valence-corrected chi connectivity index (χ0v) is 17.6. The number of sulfonamides is 1. The van der Waals surface area contributed by atoms with E-state index in [0.29, 0.717) is 13.0 Å². The molecule has 1 aromatic carbocycles. The summed E-state index contributed by atoms with van der Waals surface area (Å²) in [6, 6.07) is 8.61. The summed E-state index contributed by atoms with van der Waals surface area (Å²) >= 11 is 1.54. The van der Waals surface area contributed by atoms with Crippen LogP contribution in [-0.4, -0.2) is 43.7 Å². The monoisotopic (exact) mass is 432 g/mol. The van der Waals surface area contributed by atoms with Gasteiger partial charge in [0.15, 0.2) is 0 Å². The summed E-state index contributed by atoms with van der Waals surface area (Å²) in [5.41, 5.74) is 2.02. The molecule has 0 saturated carbocycles. The molecule has 0 aliphatic carbocycles. The van der Waals surface area contributed by atoms with Gasteiger partial charge in [0.2, 0.25) is 15.9 Å². The van der Waals surface area contributed by atoms with E-state index in [9.17, 15) is 13.2 Å². The van der Waals surface area contributed by atoms with Crippen molar-refractivity contribution in [1.82, 2.24) is 20.3 Å². The molecule has 0 spiro atoms. The second-order valence-electron chi connectivity index (χ2n) is 7.30. The second-order valence-corrected chi connectivity index (χ2v) is 10.3. The molecule has 1 aromatic heterocycles. The number of fused-ring (bicyclic) bond motifs is 1. The predicted octanol–water partition coefficient (Wildman–Crippen LogP) is 1.45. The Bertz CT molecular complexity index is 948. The molecule has 0 bridgehead atoms. The Balaban J connectivity index is 1.31. The van der Waals surface area contributed by atoms with Crippen LogP contribution in [0.15, 0.2) is 52.5 Å². The van der Waals surface area contributed by atoms with E-state index < -0.39 is 10.0 Å². The van der Waals surface area contributed by atoms with Gasteiger partial charge in [-0.25, -0.2) is 13.1 Å². The Morgan fingerprint density at radius 1 is 1.17 bits per heavy atom. The summed E-state index contributed by atoms with van der Waals surface area (Å²) in [6.07, 6.45) is 5.83. The lowest BCUT2D eigenvalue weighted by molar-refractivity contribution is -0.120. The fourth-order valence-electron chi connectivity index (χ4n) is 3.54. The summed E-state index contributed by atoms with van der Waals surface area (Å²) < 4.78 is 27.9. The number of thioether (sulfide) groups is 1. The first-order valence-corrected chi connectivity index (χ1v) is 12.1. The molecule has 9 heteroatoms. The third-order valence-corrected chi connectivity index (χ3v) is 8.02. The summed E-state index contributed by atoms with van der Waals surface area (Å²) in [5.74, 6) is -0.0181. The van der Waals surface area contributed by atoms with Gasteiger partial charge in [0.25, 0.3) is 0 Å². The lowest BCUT2D eigenvalue weighted by atomic mass is 10.1. The molecule has 3 N–H and O–H groups in total. The number of hydrogen-bond donors (Lipinski definition) is 3. The van der Waals surface area contributed by atoms with Crippen LogP contribution in [-0.2, 0) is 27.8 Å². The van der Waals surface area contributed by atoms with Gasteiger partial charge in [-0.05, 0) is 61.7 Å². The van der Waals surface area contributed by atoms with Crippen molar-refractivity contribution in [2.24, 2.45) is 0 Å². The molecule has 1 unspecified atom stereocenters. The van der Waals surface area contributed by atoms with E-state index in [1.807, 2.05) is 6.07 Å². The Hall–Kier alpha value is -1.94. The topological polar surface area (TPSA) is 100 Å². The van der Waals surface area contributed by atoms with Crippen molar-refractivity contribution in [3.63, 3.8) is 0 Å². The van der Waals surface area contributed by atoms with E-state index in [4.69, 9.17) is 0 Å². The first kappa shape index (κ1) is 20.3. The fraction of sp³-hybridized carbons (Fsp3) is 0.400. The second kappa shape index (κ2) is 8.83. The molecule has 4 rings (SSSR count). The van der Waals surface area contributed by atoms with Gasteiger partial charge in [-0.3, -0.25) is 9.78 Å². The number of nitrogens with one attached hydrogen (secondary N) is 3. The molecular formula is C20H24N4O3S2. The number of aromatic nitrogens is 1. The maximum Gasteiger partial charge on any atom is 0.240 e. The average molecular weight is 433 g/mol.